The molecule has 2 rings (SSSR count). The van der Waals surface area contributed by atoms with Gasteiger partial charge in [-0.05, 0) is 59.3 Å². The summed E-state index contributed by atoms with van der Waals surface area (Å²) in [5.74, 6) is 0.708. The van der Waals surface area contributed by atoms with E-state index >= 15 is 0 Å². The number of para-hydroxylation sites is 1. The summed E-state index contributed by atoms with van der Waals surface area (Å²) in [5.41, 5.74) is 3.89. The molecule has 0 saturated heterocycles. The molecule has 148 valence electrons. The van der Waals surface area contributed by atoms with Crippen LogP contribution in [0.2, 0.25) is 0 Å². The van der Waals surface area contributed by atoms with Gasteiger partial charge in [0.05, 0.1) is 23.5 Å². The zero-order chi connectivity index (χ0) is 20.4. The highest BCUT2D eigenvalue weighted by Crippen LogP contribution is 2.33. The number of rotatable bonds is 9. The maximum atomic E-state index is 11.9. The normalized spacial score (nSPS) is 10.5. The van der Waals surface area contributed by atoms with Gasteiger partial charge in [0.15, 0.2) is 11.5 Å². The van der Waals surface area contributed by atoms with Crippen molar-refractivity contribution < 1.29 is 19.1 Å². The first-order valence-corrected chi connectivity index (χ1v) is 9.78. The Morgan fingerprint density at radius 2 is 1.86 bits per heavy atom. The molecule has 0 radical (unpaired) electrons. The molecule has 0 bridgehead atoms. The lowest BCUT2D eigenvalue weighted by Crippen LogP contribution is -2.20. The Balaban J connectivity index is 1.85. The summed E-state index contributed by atoms with van der Waals surface area (Å²) in [6.07, 6.45) is 1.64. The highest BCUT2D eigenvalue weighted by molar-refractivity contribution is 14.1. The predicted octanol–water partition coefficient (Wildman–Crippen LogP) is 3.57. The second-order valence-corrected chi connectivity index (χ2v) is 6.84. The SMILES string of the molecule is CCOc1cc(C=NNC(=O)CCC(=O)Nc2ccccc2)cc(I)c1OC. The van der Waals surface area contributed by atoms with E-state index in [1.54, 1.807) is 25.3 Å². The number of halogens is 1. The van der Waals surface area contributed by atoms with Crippen LogP contribution in [0.1, 0.15) is 25.3 Å². The van der Waals surface area contributed by atoms with Crippen LogP contribution in [0.25, 0.3) is 0 Å². The van der Waals surface area contributed by atoms with Crippen molar-refractivity contribution in [3.8, 4) is 11.5 Å². The Hall–Kier alpha value is -2.62. The van der Waals surface area contributed by atoms with Crippen molar-refractivity contribution in [2.75, 3.05) is 19.0 Å². The van der Waals surface area contributed by atoms with E-state index in [1.807, 2.05) is 31.2 Å². The zero-order valence-electron chi connectivity index (χ0n) is 15.7. The molecular weight excluding hydrogens is 473 g/mol. The molecule has 2 N–H and O–H groups in total. The third-order valence-electron chi connectivity index (χ3n) is 3.58. The van der Waals surface area contributed by atoms with Crippen molar-refractivity contribution in [1.29, 1.82) is 0 Å². The number of ether oxygens (including phenoxy) is 2. The van der Waals surface area contributed by atoms with Gasteiger partial charge >= 0.3 is 0 Å². The van der Waals surface area contributed by atoms with E-state index in [4.69, 9.17) is 9.47 Å². The number of carbonyl (C=O) groups is 2. The molecule has 0 aromatic heterocycles. The van der Waals surface area contributed by atoms with Gasteiger partial charge in [-0.15, -0.1) is 0 Å². The molecule has 0 saturated carbocycles. The van der Waals surface area contributed by atoms with E-state index in [0.29, 0.717) is 23.8 Å². The summed E-state index contributed by atoms with van der Waals surface area (Å²) in [6.45, 7) is 2.40. The third-order valence-corrected chi connectivity index (χ3v) is 4.38. The van der Waals surface area contributed by atoms with E-state index < -0.39 is 0 Å². The van der Waals surface area contributed by atoms with Crippen LogP contribution < -0.4 is 20.2 Å². The zero-order valence-corrected chi connectivity index (χ0v) is 17.9. The molecule has 7 nitrogen and oxygen atoms in total. The van der Waals surface area contributed by atoms with Gasteiger partial charge in [0, 0.05) is 18.5 Å². The van der Waals surface area contributed by atoms with E-state index in [0.717, 1.165) is 9.13 Å². The van der Waals surface area contributed by atoms with Crippen LogP contribution in [0.5, 0.6) is 11.5 Å². The molecular formula is C20H22IN3O4. The minimum Gasteiger partial charge on any atom is -0.492 e. The summed E-state index contributed by atoms with van der Waals surface area (Å²) >= 11 is 2.15. The van der Waals surface area contributed by atoms with Crippen molar-refractivity contribution >= 4 is 46.3 Å². The van der Waals surface area contributed by atoms with Gasteiger partial charge < -0.3 is 14.8 Å². The molecule has 8 heteroatoms. The Bertz CT molecular complexity index is 841. The molecule has 28 heavy (non-hydrogen) atoms. The number of hydrogen-bond donors (Lipinski definition) is 2. The predicted molar refractivity (Wildman–Crippen MR) is 117 cm³/mol. The maximum Gasteiger partial charge on any atom is 0.240 e. The van der Waals surface area contributed by atoms with Gasteiger partial charge in [0.1, 0.15) is 0 Å². The fourth-order valence-electron chi connectivity index (χ4n) is 2.33. The smallest absolute Gasteiger partial charge is 0.240 e. The largest absolute Gasteiger partial charge is 0.492 e. The number of hydrazone groups is 1. The molecule has 0 spiro atoms. The summed E-state index contributed by atoms with van der Waals surface area (Å²) < 4.78 is 11.8. The van der Waals surface area contributed by atoms with Gasteiger partial charge in [0.2, 0.25) is 11.8 Å². The molecule has 0 unspecified atom stereocenters. The molecule has 2 amide bonds. The third kappa shape index (κ3) is 6.84. The van der Waals surface area contributed by atoms with E-state index in [1.165, 1.54) is 6.21 Å². The second-order valence-electron chi connectivity index (χ2n) is 5.67. The van der Waals surface area contributed by atoms with Crippen LogP contribution in [0.4, 0.5) is 5.69 Å². The summed E-state index contributed by atoms with van der Waals surface area (Å²) in [4.78, 5) is 23.7. The molecule has 0 fully saturated rings. The highest BCUT2D eigenvalue weighted by atomic mass is 127. The van der Waals surface area contributed by atoms with Crippen LogP contribution in [0.15, 0.2) is 47.6 Å². The van der Waals surface area contributed by atoms with Crippen LogP contribution >= 0.6 is 22.6 Å². The number of nitrogens with zero attached hydrogens (tertiary/aromatic N) is 1. The molecule has 2 aromatic rings. The number of hydrogen-bond acceptors (Lipinski definition) is 5. The van der Waals surface area contributed by atoms with Crippen molar-refractivity contribution in [2.45, 2.75) is 19.8 Å². The van der Waals surface area contributed by atoms with E-state index in [-0.39, 0.29) is 24.7 Å². The standard InChI is InChI=1S/C20H22IN3O4/c1-3-28-17-12-14(11-16(21)20(17)27-2)13-22-24-19(26)10-9-18(25)23-15-7-5-4-6-8-15/h4-8,11-13H,3,9-10H2,1-2H3,(H,23,25)(H,24,26). The van der Waals surface area contributed by atoms with Crippen molar-refractivity contribution in [3.63, 3.8) is 0 Å². The molecule has 2 aromatic carbocycles. The lowest BCUT2D eigenvalue weighted by atomic mass is 10.2. The van der Waals surface area contributed by atoms with E-state index in [2.05, 4.69) is 38.4 Å². The van der Waals surface area contributed by atoms with Gasteiger partial charge in [-0.3, -0.25) is 9.59 Å². The number of carbonyl (C=O) groups excluding carboxylic acids is 2. The monoisotopic (exact) mass is 495 g/mol. The first-order chi connectivity index (χ1) is 13.5. The number of methoxy groups -OCH3 is 1. The fourth-order valence-corrected chi connectivity index (χ4v) is 3.18. The molecule has 0 atom stereocenters. The first-order valence-electron chi connectivity index (χ1n) is 8.70. The minimum absolute atomic E-state index is 0.0420. The van der Waals surface area contributed by atoms with Crippen molar-refractivity contribution in [2.24, 2.45) is 5.10 Å². The van der Waals surface area contributed by atoms with Gasteiger partial charge in [0.25, 0.3) is 0 Å². The van der Waals surface area contributed by atoms with Crippen LogP contribution in [0, 0.1) is 3.57 Å². The summed E-state index contributed by atoms with van der Waals surface area (Å²) in [7, 11) is 1.59. The Morgan fingerprint density at radius 1 is 1.14 bits per heavy atom. The minimum atomic E-state index is -0.340. The quantitative estimate of drug-likeness (QED) is 0.316. The second kappa shape index (κ2) is 11.3. The molecule has 0 aliphatic carbocycles. The van der Waals surface area contributed by atoms with Gasteiger partial charge in [-0.2, -0.15) is 5.10 Å². The topological polar surface area (TPSA) is 89.0 Å². The van der Waals surface area contributed by atoms with Gasteiger partial charge in [-0.1, -0.05) is 18.2 Å². The highest BCUT2D eigenvalue weighted by Gasteiger charge is 2.10. The Labute approximate surface area is 177 Å². The van der Waals surface area contributed by atoms with Gasteiger partial charge in [-0.25, -0.2) is 5.43 Å². The molecule has 0 aliphatic heterocycles. The van der Waals surface area contributed by atoms with Crippen LogP contribution in [0.3, 0.4) is 0 Å². The number of amides is 2. The fraction of sp³-hybridized carbons (Fsp3) is 0.250. The number of benzene rings is 2. The average Bonchev–Trinajstić information content (AvgIpc) is 2.67. The lowest BCUT2D eigenvalue weighted by Gasteiger charge is -2.11. The van der Waals surface area contributed by atoms with Crippen molar-refractivity contribution in [3.05, 3.63) is 51.6 Å². The van der Waals surface area contributed by atoms with Crippen LogP contribution in [-0.4, -0.2) is 31.7 Å². The lowest BCUT2D eigenvalue weighted by molar-refractivity contribution is -0.124. The first kappa shape index (κ1) is 21.7. The average molecular weight is 495 g/mol. The summed E-state index contributed by atoms with van der Waals surface area (Å²) in [5, 5.41) is 6.68. The molecule has 0 aliphatic rings. The van der Waals surface area contributed by atoms with E-state index in [9.17, 15) is 9.59 Å². The summed E-state index contributed by atoms with van der Waals surface area (Å²) in [6, 6.07) is 12.7. The maximum absolute atomic E-state index is 11.9. The molecule has 0 heterocycles. The number of nitrogens with one attached hydrogen (secondary N) is 2. The number of anilines is 1. The Kier molecular flexibility index (Phi) is 8.73. The Morgan fingerprint density at radius 3 is 2.54 bits per heavy atom. The van der Waals surface area contributed by atoms with Crippen LogP contribution in [-0.2, 0) is 9.59 Å². The van der Waals surface area contributed by atoms with Crippen molar-refractivity contribution in [1.82, 2.24) is 5.43 Å².